The number of piperidine rings is 1. The number of nitrogens with one attached hydrogen (secondary N) is 3. The van der Waals surface area contributed by atoms with Gasteiger partial charge in [-0.1, -0.05) is 17.2 Å². The maximum Gasteiger partial charge on any atom is 0.322 e. The highest BCUT2D eigenvalue weighted by Gasteiger charge is 2.24. The van der Waals surface area contributed by atoms with Crippen LogP contribution in [-0.4, -0.2) is 62.0 Å². The number of benzene rings is 2. The number of carbonyl (C=O) groups excluding carboxylic acids is 1. The van der Waals surface area contributed by atoms with Gasteiger partial charge >= 0.3 is 6.01 Å². The third kappa shape index (κ3) is 6.71. The van der Waals surface area contributed by atoms with Gasteiger partial charge in [-0.15, -0.1) is 16.4 Å². The smallest absolute Gasteiger partial charge is 0.322 e. The fourth-order valence-electron chi connectivity index (χ4n) is 4.23. The van der Waals surface area contributed by atoms with Crippen molar-refractivity contribution in [3.63, 3.8) is 0 Å². The summed E-state index contributed by atoms with van der Waals surface area (Å²) in [5.41, 5.74) is 2.50. The third-order valence-corrected chi connectivity index (χ3v) is 7.60. The number of thiazole rings is 1. The van der Waals surface area contributed by atoms with E-state index in [0.717, 1.165) is 17.0 Å². The summed E-state index contributed by atoms with van der Waals surface area (Å²) in [5.74, 6) is 0.701. The number of carbonyl (C=O) groups is 1. The first-order valence-electron chi connectivity index (χ1n) is 12.1. The van der Waals surface area contributed by atoms with E-state index in [1.165, 1.54) is 17.6 Å². The molecule has 0 radical (unpaired) electrons. The molecule has 1 aliphatic rings. The number of nitrogens with zero attached hydrogens (tertiary/aromatic N) is 4. The van der Waals surface area contributed by atoms with Crippen LogP contribution in [0.4, 0.5) is 22.5 Å². The van der Waals surface area contributed by atoms with Crippen LogP contribution in [0.5, 0.6) is 5.75 Å². The first kappa shape index (κ1) is 26.6. The standard InChI is InChI=1S/C25H27N7O5S2/c1-36-18-9-7-16(8-10-18)23-29-30-24(37-23)28-25-27-20(15-38-25)22(33)26-19-5-3-4-6-21(19)32-13-11-17(12-14-32)31-39(2,34)35/h3-10,15,17,31H,11-14H2,1-2H3,(H,26,33)(H,27,28,30). The van der Waals surface area contributed by atoms with Crippen molar-refractivity contribution in [3.8, 4) is 17.2 Å². The summed E-state index contributed by atoms with van der Waals surface area (Å²) in [6.45, 7) is 1.32. The van der Waals surface area contributed by atoms with Crippen LogP contribution in [0, 0.1) is 0 Å². The molecule has 3 N–H and O–H groups in total. The van der Waals surface area contributed by atoms with Crippen molar-refractivity contribution in [1.29, 1.82) is 0 Å². The van der Waals surface area contributed by atoms with Crippen LogP contribution in [-0.2, 0) is 10.0 Å². The van der Waals surface area contributed by atoms with Crippen molar-refractivity contribution in [2.75, 3.05) is 42.0 Å². The van der Waals surface area contributed by atoms with Crippen LogP contribution < -0.4 is 25.0 Å². The average Bonchev–Trinajstić information content (AvgIpc) is 3.59. The number of sulfonamides is 1. The zero-order valence-corrected chi connectivity index (χ0v) is 22.9. The second-order valence-electron chi connectivity index (χ2n) is 8.93. The number of hydrogen-bond donors (Lipinski definition) is 3. The lowest BCUT2D eigenvalue weighted by Crippen LogP contribution is -2.44. The molecule has 0 bridgehead atoms. The number of methoxy groups -OCH3 is 1. The molecule has 204 valence electrons. The van der Waals surface area contributed by atoms with Crippen LogP contribution in [0.1, 0.15) is 23.3 Å². The number of aromatic nitrogens is 3. The number of para-hydroxylation sites is 2. The van der Waals surface area contributed by atoms with E-state index >= 15 is 0 Å². The van der Waals surface area contributed by atoms with E-state index in [4.69, 9.17) is 9.15 Å². The van der Waals surface area contributed by atoms with E-state index in [9.17, 15) is 13.2 Å². The van der Waals surface area contributed by atoms with Crippen LogP contribution >= 0.6 is 11.3 Å². The van der Waals surface area contributed by atoms with E-state index in [2.05, 4.69) is 35.4 Å². The average molecular weight is 570 g/mol. The summed E-state index contributed by atoms with van der Waals surface area (Å²) in [6, 6.07) is 14.8. The van der Waals surface area contributed by atoms with Gasteiger partial charge in [-0.3, -0.25) is 10.1 Å². The Balaban J connectivity index is 1.21. The predicted molar refractivity (Wildman–Crippen MR) is 149 cm³/mol. The molecular weight excluding hydrogens is 542 g/mol. The molecule has 14 heteroatoms. The molecule has 3 heterocycles. The molecule has 0 saturated carbocycles. The third-order valence-electron chi connectivity index (χ3n) is 6.08. The van der Waals surface area contributed by atoms with E-state index in [0.29, 0.717) is 42.6 Å². The molecule has 0 unspecified atom stereocenters. The molecule has 12 nitrogen and oxygen atoms in total. The van der Waals surface area contributed by atoms with Crippen molar-refractivity contribution in [2.45, 2.75) is 18.9 Å². The van der Waals surface area contributed by atoms with Gasteiger partial charge in [0, 0.05) is 30.1 Å². The maximum absolute atomic E-state index is 13.0. The Labute approximate surface area is 229 Å². The molecule has 4 aromatic rings. The molecule has 0 spiro atoms. The number of rotatable bonds is 9. The lowest BCUT2D eigenvalue weighted by molar-refractivity contribution is 0.102. The Hall–Kier alpha value is -4.01. The van der Waals surface area contributed by atoms with Gasteiger partial charge in [0.1, 0.15) is 11.4 Å². The fraction of sp³-hybridized carbons (Fsp3) is 0.280. The van der Waals surface area contributed by atoms with Gasteiger partial charge in [0.25, 0.3) is 5.91 Å². The molecule has 5 rings (SSSR count). The summed E-state index contributed by atoms with van der Waals surface area (Å²) in [6.07, 6.45) is 2.52. The molecule has 0 aliphatic carbocycles. The topological polar surface area (TPSA) is 152 Å². The molecular formula is C25H27N7O5S2. The Morgan fingerprint density at radius 3 is 2.56 bits per heavy atom. The highest BCUT2D eigenvalue weighted by molar-refractivity contribution is 7.88. The normalized spacial score (nSPS) is 14.3. The Morgan fingerprint density at radius 2 is 1.85 bits per heavy atom. The zero-order chi connectivity index (χ0) is 27.4. The Kier molecular flexibility index (Phi) is 7.77. The van der Waals surface area contributed by atoms with Crippen LogP contribution in [0.3, 0.4) is 0 Å². The van der Waals surface area contributed by atoms with Crippen molar-refractivity contribution < 1.29 is 22.4 Å². The quantitative estimate of drug-likeness (QED) is 0.272. The first-order chi connectivity index (χ1) is 18.8. The van der Waals surface area contributed by atoms with Gasteiger partial charge < -0.3 is 19.4 Å². The van der Waals surface area contributed by atoms with Crippen molar-refractivity contribution >= 4 is 49.8 Å². The lowest BCUT2D eigenvalue weighted by Gasteiger charge is -2.34. The van der Waals surface area contributed by atoms with E-state index in [1.807, 2.05) is 36.4 Å². The van der Waals surface area contributed by atoms with Crippen molar-refractivity contribution in [2.24, 2.45) is 0 Å². The summed E-state index contributed by atoms with van der Waals surface area (Å²) in [5, 5.41) is 16.0. The minimum absolute atomic E-state index is 0.0925. The van der Waals surface area contributed by atoms with Crippen LogP contribution in [0.2, 0.25) is 0 Å². The number of ether oxygens (including phenoxy) is 1. The number of amides is 1. The zero-order valence-electron chi connectivity index (χ0n) is 21.2. The van der Waals surface area contributed by atoms with Crippen molar-refractivity contribution in [3.05, 3.63) is 59.6 Å². The van der Waals surface area contributed by atoms with Gasteiger partial charge in [-0.2, -0.15) is 0 Å². The van der Waals surface area contributed by atoms with Crippen molar-refractivity contribution in [1.82, 2.24) is 19.9 Å². The van der Waals surface area contributed by atoms with Gasteiger partial charge in [-0.25, -0.2) is 18.1 Å². The van der Waals surface area contributed by atoms with Crippen LogP contribution in [0.25, 0.3) is 11.5 Å². The van der Waals surface area contributed by atoms with Gasteiger partial charge in [0.2, 0.25) is 15.9 Å². The second kappa shape index (κ2) is 11.4. The molecule has 1 fully saturated rings. The van der Waals surface area contributed by atoms with Gasteiger partial charge in [0.05, 0.1) is 24.7 Å². The van der Waals surface area contributed by atoms with E-state index in [-0.39, 0.29) is 23.7 Å². The van der Waals surface area contributed by atoms with Gasteiger partial charge in [0.15, 0.2) is 5.13 Å². The minimum atomic E-state index is -3.25. The molecule has 1 amide bonds. The summed E-state index contributed by atoms with van der Waals surface area (Å²) in [4.78, 5) is 19.5. The highest BCUT2D eigenvalue weighted by atomic mass is 32.2. The predicted octanol–water partition coefficient (Wildman–Crippen LogP) is 3.72. The SMILES string of the molecule is COc1ccc(-c2nnc(Nc3nc(C(=O)Nc4ccccc4N4CCC(NS(C)(=O)=O)CC4)cs3)o2)cc1. The summed E-state index contributed by atoms with van der Waals surface area (Å²) < 4.78 is 36.6. The molecule has 39 heavy (non-hydrogen) atoms. The maximum atomic E-state index is 13.0. The Morgan fingerprint density at radius 1 is 1.10 bits per heavy atom. The first-order valence-corrected chi connectivity index (χ1v) is 14.9. The fourth-order valence-corrected chi connectivity index (χ4v) is 5.75. The number of hydrogen-bond acceptors (Lipinski definition) is 11. The van der Waals surface area contributed by atoms with E-state index in [1.54, 1.807) is 24.6 Å². The van der Waals surface area contributed by atoms with Crippen LogP contribution in [0.15, 0.2) is 58.3 Å². The monoisotopic (exact) mass is 569 g/mol. The van der Waals surface area contributed by atoms with E-state index < -0.39 is 10.0 Å². The largest absolute Gasteiger partial charge is 0.497 e. The lowest BCUT2D eigenvalue weighted by atomic mass is 10.0. The highest BCUT2D eigenvalue weighted by Crippen LogP contribution is 2.30. The minimum Gasteiger partial charge on any atom is -0.497 e. The number of anilines is 4. The molecule has 0 atom stereocenters. The molecule has 2 aromatic heterocycles. The summed E-state index contributed by atoms with van der Waals surface area (Å²) >= 11 is 1.24. The molecule has 1 saturated heterocycles. The summed E-state index contributed by atoms with van der Waals surface area (Å²) in [7, 11) is -1.65. The molecule has 2 aromatic carbocycles. The van der Waals surface area contributed by atoms with Gasteiger partial charge in [-0.05, 0) is 49.2 Å². The second-order valence-corrected chi connectivity index (χ2v) is 11.6. The Bertz CT molecular complexity index is 1540. The molecule has 1 aliphatic heterocycles.